The number of aromatic amines is 1. The second kappa shape index (κ2) is 7.26. The molecule has 1 aliphatic rings. The predicted molar refractivity (Wildman–Crippen MR) is 95.0 cm³/mol. The third-order valence-corrected chi connectivity index (χ3v) is 4.10. The van der Waals surface area contributed by atoms with E-state index in [0.29, 0.717) is 24.5 Å². The highest BCUT2D eigenvalue weighted by molar-refractivity contribution is 5.76. The smallest absolute Gasteiger partial charge is 0.220 e. The third kappa shape index (κ3) is 3.83. The van der Waals surface area contributed by atoms with E-state index >= 15 is 0 Å². The van der Waals surface area contributed by atoms with E-state index in [0.717, 1.165) is 23.6 Å². The van der Waals surface area contributed by atoms with Crippen LogP contribution in [-0.4, -0.2) is 33.7 Å². The molecule has 0 aliphatic carbocycles. The number of nitrogens with one attached hydrogen (secondary N) is 2. The van der Waals surface area contributed by atoms with Gasteiger partial charge < -0.3 is 14.8 Å². The standard InChI is InChI=1S/C19H18N4O3/c24-19-8-6-16(12-21-19)26-14-3-1-13(2-4-14)25-15-5-7-17(20-11-15)18-9-10-22-23-18/h1-5,7,9-11,16H,6,8,12H2,(H,21,24)(H,22,23). The number of rotatable bonds is 5. The van der Waals surface area contributed by atoms with Crippen LogP contribution in [0, 0.1) is 0 Å². The SMILES string of the molecule is O=C1CCC(Oc2ccc(Oc3ccc(-c4ccn[nH]4)nc3)cc2)CN1. The van der Waals surface area contributed by atoms with E-state index in [1.165, 1.54) is 0 Å². The number of benzene rings is 1. The summed E-state index contributed by atoms with van der Waals surface area (Å²) >= 11 is 0. The average Bonchev–Trinajstić information content (AvgIpc) is 3.21. The molecule has 0 saturated carbocycles. The molecule has 1 fully saturated rings. The molecule has 0 radical (unpaired) electrons. The number of pyridine rings is 1. The van der Waals surface area contributed by atoms with Gasteiger partial charge in [-0.2, -0.15) is 5.10 Å². The highest BCUT2D eigenvalue weighted by Crippen LogP contribution is 2.25. The lowest BCUT2D eigenvalue weighted by Gasteiger charge is -2.23. The van der Waals surface area contributed by atoms with E-state index in [1.807, 2.05) is 42.5 Å². The highest BCUT2D eigenvalue weighted by Gasteiger charge is 2.19. The molecule has 4 rings (SSSR count). The van der Waals surface area contributed by atoms with Crippen LogP contribution in [0.5, 0.6) is 17.2 Å². The van der Waals surface area contributed by atoms with Crippen molar-refractivity contribution in [3.63, 3.8) is 0 Å². The van der Waals surface area contributed by atoms with Crippen molar-refractivity contribution in [2.75, 3.05) is 6.54 Å². The van der Waals surface area contributed by atoms with Gasteiger partial charge in [0, 0.05) is 12.6 Å². The Morgan fingerprint density at radius 2 is 1.81 bits per heavy atom. The van der Waals surface area contributed by atoms with Gasteiger partial charge in [0.15, 0.2) is 0 Å². The Kier molecular flexibility index (Phi) is 4.51. The Bertz CT molecular complexity index is 851. The Hall–Kier alpha value is -3.35. The summed E-state index contributed by atoms with van der Waals surface area (Å²) in [6, 6.07) is 13.0. The van der Waals surface area contributed by atoms with Gasteiger partial charge in [0.1, 0.15) is 23.4 Å². The van der Waals surface area contributed by atoms with Crippen molar-refractivity contribution in [2.45, 2.75) is 18.9 Å². The normalized spacial score (nSPS) is 16.8. The first kappa shape index (κ1) is 16.1. The molecule has 1 aromatic carbocycles. The topological polar surface area (TPSA) is 89.1 Å². The maximum atomic E-state index is 11.2. The number of aromatic nitrogens is 3. The number of H-pyrrole nitrogens is 1. The number of hydrogen-bond acceptors (Lipinski definition) is 5. The van der Waals surface area contributed by atoms with Crippen molar-refractivity contribution < 1.29 is 14.3 Å². The van der Waals surface area contributed by atoms with Crippen LogP contribution < -0.4 is 14.8 Å². The lowest BCUT2D eigenvalue weighted by atomic mass is 10.1. The molecular formula is C19H18N4O3. The minimum atomic E-state index is 0.0127. The number of ether oxygens (including phenoxy) is 2. The summed E-state index contributed by atoms with van der Waals surface area (Å²) in [6.45, 7) is 0.547. The first-order valence-electron chi connectivity index (χ1n) is 8.43. The number of hydrogen-bond donors (Lipinski definition) is 2. The van der Waals surface area contributed by atoms with Gasteiger partial charge in [-0.3, -0.25) is 14.9 Å². The molecule has 2 aromatic heterocycles. The van der Waals surface area contributed by atoms with Gasteiger partial charge in [-0.25, -0.2) is 0 Å². The fraction of sp³-hybridized carbons (Fsp3) is 0.211. The minimum absolute atomic E-state index is 0.0127. The van der Waals surface area contributed by atoms with Gasteiger partial charge in [-0.1, -0.05) is 0 Å². The molecule has 1 unspecified atom stereocenters. The maximum absolute atomic E-state index is 11.2. The minimum Gasteiger partial charge on any atom is -0.489 e. The maximum Gasteiger partial charge on any atom is 0.220 e. The largest absolute Gasteiger partial charge is 0.489 e. The van der Waals surface area contributed by atoms with E-state index in [4.69, 9.17) is 9.47 Å². The van der Waals surface area contributed by atoms with Crippen LogP contribution in [0.25, 0.3) is 11.4 Å². The number of nitrogens with zero attached hydrogens (tertiary/aromatic N) is 2. The van der Waals surface area contributed by atoms with Crippen molar-refractivity contribution in [3.8, 4) is 28.6 Å². The summed E-state index contributed by atoms with van der Waals surface area (Å²) in [5, 5.41) is 9.60. The highest BCUT2D eigenvalue weighted by atomic mass is 16.5. The van der Waals surface area contributed by atoms with Crippen LogP contribution in [0.1, 0.15) is 12.8 Å². The van der Waals surface area contributed by atoms with Crippen molar-refractivity contribution >= 4 is 5.91 Å². The second-order valence-corrected chi connectivity index (χ2v) is 6.01. The molecule has 1 atom stereocenters. The summed E-state index contributed by atoms with van der Waals surface area (Å²) in [7, 11) is 0. The Morgan fingerprint density at radius 1 is 1.00 bits per heavy atom. The van der Waals surface area contributed by atoms with Crippen LogP contribution in [0.2, 0.25) is 0 Å². The molecular weight excluding hydrogens is 332 g/mol. The van der Waals surface area contributed by atoms with Crippen molar-refractivity contribution in [3.05, 3.63) is 54.9 Å². The lowest BCUT2D eigenvalue weighted by molar-refractivity contribution is -0.123. The van der Waals surface area contributed by atoms with Gasteiger partial charge in [0.2, 0.25) is 5.91 Å². The molecule has 1 aliphatic heterocycles. The van der Waals surface area contributed by atoms with Gasteiger partial charge in [-0.05, 0) is 48.9 Å². The zero-order chi connectivity index (χ0) is 17.8. The molecule has 0 spiro atoms. The number of piperidine rings is 1. The Balaban J connectivity index is 1.36. The summed E-state index contributed by atoms with van der Waals surface area (Å²) in [4.78, 5) is 15.5. The fourth-order valence-electron chi connectivity index (χ4n) is 2.72. The zero-order valence-electron chi connectivity index (χ0n) is 14.0. The summed E-state index contributed by atoms with van der Waals surface area (Å²) < 4.78 is 11.7. The van der Waals surface area contributed by atoms with Gasteiger partial charge >= 0.3 is 0 Å². The van der Waals surface area contributed by atoms with Crippen molar-refractivity contribution in [2.24, 2.45) is 0 Å². The molecule has 2 N–H and O–H groups in total. The van der Waals surface area contributed by atoms with E-state index in [2.05, 4.69) is 20.5 Å². The van der Waals surface area contributed by atoms with Crippen LogP contribution in [0.4, 0.5) is 0 Å². The number of carbonyl (C=O) groups excluding carboxylic acids is 1. The average molecular weight is 350 g/mol. The Morgan fingerprint density at radius 3 is 2.46 bits per heavy atom. The molecule has 3 aromatic rings. The summed E-state index contributed by atoms with van der Waals surface area (Å²) in [6.07, 6.45) is 4.61. The van der Waals surface area contributed by atoms with E-state index in [-0.39, 0.29) is 12.0 Å². The monoisotopic (exact) mass is 350 g/mol. The Labute approximate surface area is 150 Å². The molecule has 132 valence electrons. The van der Waals surface area contributed by atoms with Crippen molar-refractivity contribution in [1.29, 1.82) is 0 Å². The predicted octanol–water partition coefficient (Wildman–Crippen LogP) is 2.92. The lowest BCUT2D eigenvalue weighted by Crippen LogP contribution is -2.40. The quantitative estimate of drug-likeness (QED) is 0.738. The number of carbonyl (C=O) groups is 1. The molecule has 7 nitrogen and oxygen atoms in total. The van der Waals surface area contributed by atoms with Crippen LogP contribution >= 0.6 is 0 Å². The molecule has 1 saturated heterocycles. The van der Waals surface area contributed by atoms with Gasteiger partial charge in [0.05, 0.1) is 24.1 Å². The first-order valence-corrected chi connectivity index (χ1v) is 8.43. The van der Waals surface area contributed by atoms with Gasteiger partial charge in [0.25, 0.3) is 0 Å². The summed E-state index contributed by atoms with van der Waals surface area (Å²) in [5.74, 6) is 2.19. The molecule has 26 heavy (non-hydrogen) atoms. The van der Waals surface area contributed by atoms with Gasteiger partial charge in [-0.15, -0.1) is 0 Å². The molecule has 1 amide bonds. The third-order valence-electron chi connectivity index (χ3n) is 4.10. The van der Waals surface area contributed by atoms with Crippen LogP contribution in [-0.2, 0) is 4.79 Å². The van der Waals surface area contributed by atoms with Crippen LogP contribution in [0.3, 0.4) is 0 Å². The van der Waals surface area contributed by atoms with E-state index in [9.17, 15) is 4.79 Å². The zero-order valence-corrected chi connectivity index (χ0v) is 14.0. The van der Waals surface area contributed by atoms with Crippen LogP contribution in [0.15, 0.2) is 54.9 Å². The molecule has 3 heterocycles. The molecule has 7 heteroatoms. The van der Waals surface area contributed by atoms with E-state index in [1.54, 1.807) is 12.4 Å². The van der Waals surface area contributed by atoms with E-state index < -0.39 is 0 Å². The number of amides is 1. The summed E-state index contributed by atoms with van der Waals surface area (Å²) in [5.41, 5.74) is 1.66. The molecule has 0 bridgehead atoms. The first-order chi connectivity index (χ1) is 12.8. The second-order valence-electron chi connectivity index (χ2n) is 6.01. The fourth-order valence-corrected chi connectivity index (χ4v) is 2.72. The van der Waals surface area contributed by atoms with Crippen molar-refractivity contribution in [1.82, 2.24) is 20.5 Å².